The molecule has 3 aromatic carbocycles. The summed E-state index contributed by atoms with van der Waals surface area (Å²) in [4.78, 5) is 46.2. The molecule has 4 aliphatic heterocycles. The van der Waals surface area contributed by atoms with E-state index in [1.54, 1.807) is 30.3 Å². The topological polar surface area (TPSA) is 84.9 Å². The minimum atomic E-state index is -1.38. The summed E-state index contributed by atoms with van der Waals surface area (Å²) in [5, 5.41) is 5.44. The van der Waals surface area contributed by atoms with Crippen molar-refractivity contribution in [1.82, 2.24) is 0 Å². The third-order valence-corrected chi connectivity index (χ3v) is 9.69. The first-order valence-electron chi connectivity index (χ1n) is 13.2. The first-order chi connectivity index (χ1) is 20.0. The van der Waals surface area contributed by atoms with E-state index in [2.05, 4.69) is 5.32 Å². The lowest BCUT2D eigenvalue weighted by Crippen LogP contribution is -2.51. The average Bonchev–Trinajstić information content (AvgIpc) is 3.78. The largest absolute Gasteiger partial charge is 0.454 e. The molecule has 4 aromatic rings. The number of nitrogens with one attached hydrogen (secondary N) is 1. The average molecular weight is 581 g/mol. The summed E-state index contributed by atoms with van der Waals surface area (Å²) in [5.74, 6) is -0.895. The molecule has 0 saturated carbocycles. The van der Waals surface area contributed by atoms with Gasteiger partial charge in [0.25, 0.3) is 0 Å². The summed E-state index contributed by atoms with van der Waals surface area (Å²) in [6, 6.07) is 19.9. The fourth-order valence-corrected chi connectivity index (χ4v) is 7.82. The first kappa shape index (κ1) is 24.4. The van der Waals surface area contributed by atoms with Gasteiger partial charge in [0, 0.05) is 22.0 Å². The number of ketones is 2. The molecule has 0 unspecified atom stereocenters. The fraction of sp³-hybridized carbons (Fsp3) is 0.156. The number of nitrogens with zero attached hydrogens (tertiary/aromatic N) is 1. The highest BCUT2D eigenvalue weighted by Crippen LogP contribution is 2.58. The molecule has 1 fully saturated rings. The van der Waals surface area contributed by atoms with Gasteiger partial charge in [-0.2, -0.15) is 0 Å². The van der Waals surface area contributed by atoms with Crippen molar-refractivity contribution in [2.75, 3.05) is 17.0 Å². The van der Waals surface area contributed by atoms with Gasteiger partial charge in [-0.25, -0.2) is 0 Å². The van der Waals surface area contributed by atoms with E-state index in [1.165, 1.54) is 11.3 Å². The number of fused-ring (bicyclic) bond motifs is 7. The zero-order chi connectivity index (χ0) is 27.9. The SMILES string of the molecule is O=C(c1cccs1)[C@@H]1[C@H](C(=O)c2ccc3c(c2)OCO3)[C@@]2(C(=O)Nc3ccccc32)[C@@H]2C=Cc3cc(Cl)ccc3N12. The van der Waals surface area contributed by atoms with Crippen LogP contribution in [0.1, 0.15) is 31.2 Å². The van der Waals surface area contributed by atoms with Crippen molar-refractivity contribution in [3.63, 3.8) is 0 Å². The molecule has 1 N–H and O–H groups in total. The van der Waals surface area contributed by atoms with Gasteiger partial charge in [-0.15, -0.1) is 11.3 Å². The van der Waals surface area contributed by atoms with Crippen LogP contribution in [-0.4, -0.2) is 36.4 Å². The molecule has 1 amide bonds. The summed E-state index contributed by atoms with van der Waals surface area (Å²) in [6.45, 7) is 0.0651. The van der Waals surface area contributed by atoms with E-state index in [4.69, 9.17) is 21.1 Å². The van der Waals surface area contributed by atoms with Crippen molar-refractivity contribution in [1.29, 1.82) is 0 Å². The number of benzene rings is 3. The van der Waals surface area contributed by atoms with Crippen LogP contribution in [-0.2, 0) is 10.2 Å². The summed E-state index contributed by atoms with van der Waals surface area (Å²) in [5.41, 5.74) is 1.86. The minimum absolute atomic E-state index is 0.0651. The predicted molar refractivity (Wildman–Crippen MR) is 156 cm³/mol. The highest BCUT2D eigenvalue weighted by atomic mass is 35.5. The molecule has 1 aromatic heterocycles. The van der Waals surface area contributed by atoms with Crippen LogP contribution >= 0.6 is 22.9 Å². The van der Waals surface area contributed by atoms with Crippen LogP contribution < -0.4 is 19.7 Å². The number of rotatable bonds is 4. The molecule has 8 rings (SSSR count). The van der Waals surface area contributed by atoms with E-state index in [1.807, 2.05) is 64.9 Å². The van der Waals surface area contributed by atoms with Crippen LogP contribution in [0.5, 0.6) is 11.5 Å². The quantitative estimate of drug-likeness (QED) is 0.299. The van der Waals surface area contributed by atoms with Crippen LogP contribution in [0.4, 0.5) is 11.4 Å². The second kappa shape index (κ2) is 8.80. The molecule has 4 atom stereocenters. The molecule has 202 valence electrons. The molecule has 41 heavy (non-hydrogen) atoms. The van der Waals surface area contributed by atoms with Crippen LogP contribution in [0.15, 0.2) is 84.3 Å². The summed E-state index contributed by atoms with van der Waals surface area (Å²) < 4.78 is 11.0. The number of thiophene rings is 1. The second-order valence-corrected chi connectivity index (χ2v) is 11.9. The van der Waals surface area contributed by atoms with E-state index in [0.717, 1.165) is 11.3 Å². The lowest BCUT2D eigenvalue weighted by molar-refractivity contribution is -0.121. The standard InChI is InChI=1S/C32H21ClN2O5S/c33-19-9-10-22-17(14-19)8-12-26-32(20-4-1-2-5-21(20)34-31(32)38)27(28(35(22)26)30(37)25-6-3-13-41-25)29(36)18-7-11-23-24(15-18)40-16-39-23/h1-15,26-28H,16H2,(H,34,38)/t26-,27+,28-,32-/m0/s1. The molecule has 4 aliphatic rings. The van der Waals surface area contributed by atoms with Crippen molar-refractivity contribution >= 4 is 57.9 Å². The smallest absolute Gasteiger partial charge is 0.238 e. The van der Waals surface area contributed by atoms with E-state index in [9.17, 15) is 14.4 Å². The Morgan fingerprint density at radius 3 is 2.68 bits per heavy atom. The Kier molecular flexibility index (Phi) is 5.24. The number of amides is 1. The minimum Gasteiger partial charge on any atom is -0.454 e. The Morgan fingerprint density at radius 1 is 0.976 bits per heavy atom. The number of halogens is 1. The third kappa shape index (κ3) is 3.29. The predicted octanol–water partition coefficient (Wildman–Crippen LogP) is 5.99. The molecule has 1 spiro atoms. The zero-order valence-corrected chi connectivity index (χ0v) is 22.9. The molecule has 1 saturated heterocycles. The lowest BCUT2D eigenvalue weighted by Gasteiger charge is -2.37. The number of hydrogen-bond acceptors (Lipinski definition) is 7. The van der Waals surface area contributed by atoms with Gasteiger partial charge in [0.05, 0.1) is 16.8 Å². The van der Waals surface area contributed by atoms with Crippen molar-refractivity contribution in [3.8, 4) is 11.5 Å². The monoisotopic (exact) mass is 580 g/mol. The number of hydrogen-bond donors (Lipinski definition) is 1. The van der Waals surface area contributed by atoms with Crippen LogP contribution in [0.25, 0.3) is 6.08 Å². The molecular weight excluding hydrogens is 560 g/mol. The summed E-state index contributed by atoms with van der Waals surface area (Å²) in [6.07, 6.45) is 3.86. The molecule has 5 heterocycles. The number of para-hydroxylation sites is 1. The molecule has 0 aliphatic carbocycles. The Labute approximate surface area is 244 Å². The Morgan fingerprint density at radius 2 is 1.83 bits per heavy atom. The van der Waals surface area contributed by atoms with Crippen molar-refractivity contribution in [2.24, 2.45) is 5.92 Å². The van der Waals surface area contributed by atoms with Gasteiger partial charge in [0.1, 0.15) is 11.5 Å². The lowest BCUT2D eigenvalue weighted by atomic mass is 9.64. The van der Waals surface area contributed by atoms with Gasteiger partial charge in [-0.05, 0) is 65.0 Å². The maximum absolute atomic E-state index is 14.9. The van der Waals surface area contributed by atoms with E-state index in [-0.39, 0.29) is 24.3 Å². The second-order valence-electron chi connectivity index (χ2n) is 10.5. The molecule has 0 radical (unpaired) electrons. The van der Waals surface area contributed by atoms with Crippen LogP contribution in [0.3, 0.4) is 0 Å². The number of Topliss-reactive ketones (excluding diaryl/α,β-unsaturated/α-hetero) is 2. The molecule has 7 nitrogen and oxygen atoms in total. The van der Waals surface area contributed by atoms with E-state index >= 15 is 0 Å². The third-order valence-electron chi connectivity index (χ3n) is 8.57. The van der Waals surface area contributed by atoms with Gasteiger partial charge in [-0.3, -0.25) is 14.4 Å². The van der Waals surface area contributed by atoms with Gasteiger partial charge in [-0.1, -0.05) is 48.0 Å². The van der Waals surface area contributed by atoms with Crippen molar-refractivity contribution in [2.45, 2.75) is 17.5 Å². The van der Waals surface area contributed by atoms with Gasteiger partial charge in [0.15, 0.2) is 23.1 Å². The fourth-order valence-electron chi connectivity index (χ4n) is 6.94. The van der Waals surface area contributed by atoms with Gasteiger partial charge in [0.2, 0.25) is 12.7 Å². The first-order valence-corrected chi connectivity index (χ1v) is 14.4. The Bertz CT molecular complexity index is 1820. The number of carbonyl (C=O) groups is 3. The van der Waals surface area contributed by atoms with Crippen molar-refractivity contribution in [3.05, 3.63) is 111 Å². The number of ether oxygens (including phenoxy) is 2. The van der Waals surface area contributed by atoms with Gasteiger partial charge < -0.3 is 19.7 Å². The van der Waals surface area contributed by atoms with E-state index in [0.29, 0.717) is 38.2 Å². The number of carbonyl (C=O) groups excluding carboxylic acids is 3. The Hall–Kier alpha value is -4.40. The van der Waals surface area contributed by atoms with Crippen molar-refractivity contribution < 1.29 is 23.9 Å². The van der Waals surface area contributed by atoms with Gasteiger partial charge >= 0.3 is 0 Å². The highest BCUT2D eigenvalue weighted by Gasteiger charge is 2.70. The number of anilines is 2. The molecular formula is C32H21ClN2O5S. The zero-order valence-electron chi connectivity index (χ0n) is 21.4. The summed E-state index contributed by atoms with van der Waals surface area (Å²) in [7, 11) is 0. The Balaban J connectivity index is 1.41. The summed E-state index contributed by atoms with van der Waals surface area (Å²) >= 11 is 7.68. The van der Waals surface area contributed by atoms with Crippen LogP contribution in [0, 0.1) is 5.92 Å². The van der Waals surface area contributed by atoms with Crippen LogP contribution in [0.2, 0.25) is 5.02 Å². The normalized spacial score (nSPS) is 24.7. The maximum Gasteiger partial charge on any atom is 0.238 e. The maximum atomic E-state index is 14.9. The molecule has 0 bridgehead atoms. The van der Waals surface area contributed by atoms with E-state index < -0.39 is 23.4 Å². The highest BCUT2D eigenvalue weighted by molar-refractivity contribution is 7.12. The molecule has 9 heteroatoms.